The number of rotatable bonds is 7. The summed E-state index contributed by atoms with van der Waals surface area (Å²) in [6.45, 7) is 9.23. The highest BCUT2D eigenvalue weighted by molar-refractivity contribution is 7.89. The van der Waals surface area contributed by atoms with Crippen molar-refractivity contribution < 1.29 is 13.2 Å². The highest BCUT2D eigenvalue weighted by Crippen LogP contribution is 2.31. The molecule has 0 spiro atoms. The van der Waals surface area contributed by atoms with Gasteiger partial charge in [0.15, 0.2) is 5.11 Å². The number of nitrogens with one attached hydrogen (secondary N) is 2. The Labute approximate surface area is 190 Å². The Morgan fingerprint density at radius 1 is 1.06 bits per heavy atom. The van der Waals surface area contributed by atoms with Crippen molar-refractivity contribution in [1.29, 1.82) is 0 Å². The van der Waals surface area contributed by atoms with Crippen molar-refractivity contribution in [2.45, 2.75) is 25.7 Å². The van der Waals surface area contributed by atoms with E-state index in [1.54, 1.807) is 12.1 Å². The van der Waals surface area contributed by atoms with Gasteiger partial charge in [-0.15, -0.1) is 0 Å². The number of para-hydroxylation sites is 1. The molecule has 2 aromatic rings. The molecule has 0 saturated carbocycles. The van der Waals surface area contributed by atoms with Crippen molar-refractivity contribution >= 4 is 44.4 Å². The summed E-state index contributed by atoms with van der Waals surface area (Å²) < 4.78 is 33.1. The van der Waals surface area contributed by atoms with Gasteiger partial charge in [-0.1, -0.05) is 32.0 Å². The van der Waals surface area contributed by atoms with Gasteiger partial charge in [0.05, 0.1) is 29.5 Å². The predicted octanol–water partition coefficient (Wildman–Crippen LogP) is 3.67. The third-order valence-electron chi connectivity index (χ3n) is 5.30. The SMILES string of the molecule is CCN(CC)S(=O)(=O)c1ccc(N2CCOCC2)c(NC(=S)Nc2ccccc2C)c1. The van der Waals surface area contributed by atoms with Gasteiger partial charge in [-0.25, -0.2) is 8.42 Å². The minimum Gasteiger partial charge on any atom is -0.378 e. The summed E-state index contributed by atoms with van der Waals surface area (Å²) in [6.07, 6.45) is 0. The molecule has 1 saturated heterocycles. The van der Waals surface area contributed by atoms with Crippen LogP contribution in [0.2, 0.25) is 0 Å². The zero-order valence-electron chi connectivity index (χ0n) is 18.2. The first kappa shape index (κ1) is 23.5. The topological polar surface area (TPSA) is 73.9 Å². The van der Waals surface area contributed by atoms with Crippen LogP contribution in [-0.2, 0) is 14.8 Å². The summed E-state index contributed by atoms with van der Waals surface area (Å²) in [5.41, 5.74) is 3.52. The molecule has 1 aliphatic heterocycles. The highest BCUT2D eigenvalue weighted by atomic mass is 32.2. The number of sulfonamides is 1. The van der Waals surface area contributed by atoms with Crippen LogP contribution >= 0.6 is 12.2 Å². The van der Waals surface area contributed by atoms with Gasteiger partial charge >= 0.3 is 0 Å². The second-order valence-electron chi connectivity index (χ2n) is 7.26. The molecule has 31 heavy (non-hydrogen) atoms. The third-order valence-corrected chi connectivity index (χ3v) is 7.55. The van der Waals surface area contributed by atoms with Gasteiger partial charge in [-0.05, 0) is 49.0 Å². The maximum Gasteiger partial charge on any atom is 0.243 e. The van der Waals surface area contributed by atoms with E-state index in [1.165, 1.54) is 4.31 Å². The van der Waals surface area contributed by atoms with E-state index in [0.29, 0.717) is 37.1 Å². The molecule has 1 heterocycles. The van der Waals surface area contributed by atoms with Crippen LogP contribution in [0.15, 0.2) is 47.4 Å². The molecule has 168 valence electrons. The van der Waals surface area contributed by atoms with E-state index < -0.39 is 10.0 Å². The molecule has 0 aliphatic carbocycles. The number of hydrogen-bond acceptors (Lipinski definition) is 5. The van der Waals surface area contributed by atoms with Crippen LogP contribution in [-0.4, -0.2) is 57.2 Å². The molecule has 0 amide bonds. The molecule has 1 fully saturated rings. The van der Waals surface area contributed by atoms with Crippen molar-refractivity contribution in [2.75, 3.05) is 54.9 Å². The Balaban J connectivity index is 1.94. The zero-order valence-corrected chi connectivity index (χ0v) is 19.9. The van der Waals surface area contributed by atoms with Crippen molar-refractivity contribution in [3.05, 3.63) is 48.0 Å². The summed E-state index contributed by atoms with van der Waals surface area (Å²) in [5, 5.41) is 6.84. The van der Waals surface area contributed by atoms with E-state index in [4.69, 9.17) is 17.0 Å². The van der Waals surface area contributed by atoms with Gasteiger partial charge in [0.2, 0.25) is 10.0 Å². The van der Waals surface area contributed by atoms with Crippen molar-refractivity contribution in [3.63, 3.8) is 0 Å². The highest BCUT2D eigenvalue weighted by Gasteiger charge is 2.24. The zero-order chi connectivity index (χ0) is 22.4. The molecule has 2 aromatic carbocycles. The number of hydrogen-bond donors (Lipinski definition) is 2. The fourth-order valence-electron chi connectivity index (χ4n) is 3.56. The molecule has 0 bridgehead atoms. The minimum atomic E-state index is -3.59. The van der Waals surface area contributed by atoms with Crippen LogP contribution in [0.3, 0.4) is 0 Å². The average Bonchev–Trinajstić information content (AvgIpc) is 2.76. The van der Waals surface area contributed by atoms with Gasteiger partial charge in [0, 0.05) is 31.9 Å². The Hall–Kier alpha value is -2.20. The fraction of sp³-hybridized carbons (Fsp3) is 0.409. The van der Waals surface area contributed by atoms with E-state index in [1.807, 2.05) is 51.1 Å². The largest absolute Gasteiger partial charge is 0.378 e. The quantitative estimate of drug-likeness (QED) is 0.608. The van der Waals surface area contributed by atoms with Crippen LogP contribution in [0.5, 0.6) is 0 Å². The molecule has 3 rings (SSSR count). The van der Waals surface area contributed by atoms with E-state index in [0.717, 1.165) is 30.0 Å². The van der Waals surface area contributed by atoms with Gasteiger partial charge in [0.25, 0.3) is 0 Å². The van der Waals surface area contributed by atoms with Gasteiger partial charge in [0.1, 0.15) is 0 Å². The van der Waals surface area contributed by atoms with E-state index >= 15 is 0 Å². The monoisotopic (exact) mass is 462 g/mol. The molecule has 0 aromatic heterocycles. The van der Waals surface area contributed by atoms with Crippen LogP contribution in [0, 0.1) is 6.92 Å². The lowest BCUT2D eigenvalue weighted by atomic mass is 10.2. The molecular formula is C22H30N4O3S2. The lowest BCUT2D eigenvalue weighted by Gasteiger charge is -2.31. The second-order valence-corrected chi connectivity index (χ2v) is 9.61. The van der Waals surface area contributed by atoms with E-state index in [-0.39, 0.29) is 4.90 Å². The number of morpholine rings is 1. The molecule has 2 N–H and O–H groups in total. The lowest BCUT2D eigenvalue weighted by molar-refractivity contribution is 0.123. The standard InChI is InChI=1S/C22H30N4O3S2/c1-4-26(5-2)31(27,28)18-10-11-21(25-12-14-29-15-13-25)20(16-18)24-22(30)23-19-9-7-6-8-17(19)3/h6-11,16H,4-5,12-15H2,1-3H3,(H2,23,24,30). The number of benzene rings is 2. The van der Waals surface area contributed by atoms with Crippen molar-refractivity contribution in [1.82, 2.24) is 4.31 Å². The number of aryl methyl sites for hydroxylation is 1. The summed E-state index contributed by atoms with van der Waals surface area (Å²) in [7, 11) is -3.59. The summed E-state index contributed by atoms with van der Waals surface area (Å²) in [5.74, 6) is 0. The summed E-state index contributed by atoms with van der Waals surface area (Å²) in [6, 6.07) is 13.0. The molecule has 0 atom stereocenters. The first-order valence-electron chi connectivity index (χ1n) is 10.5. The minimum absolute atomic E-state index is 0.245. The fourth-order valence-corrected chi connectivity index (χ4v) is 5.26. The van der Waals surface area contributed by atoms with Gasteiger partial charge < -0.3 is 20.3 Å². The van der Waals surface area contributed by atoms with Gasteiger partial charge in [-0.2, -0.15) is 4.31 Å². The molecular weight excluding hydrogens is 432 g/mol. The molecule has 0 radical (unpaired) electrons. The molecule has 1 aliphatic rings. The van der Waals surface area contributed by atoms with Crippen LogP contribution in [0.4, 0.5) is 17.1 Å². The summed E-state index contributed by atoms with van der Waals surface area (Å²) in [4.78, 5) is 2.42. The number of thiocarbonyl (C=S) groups is 1. The van der Waals surface area contributed by atoms with Crippen LogP contribution in [0.1, 0.15) is 19.4 Å². The predicted molar refractivity (Wildman–Crippen MR) is 131 cm³/mol. The van der Waals surface area contributed by atoms with E-state index in [9.17, 15) is 8.42 Å². The molecule has 0 unspecified atom stereocenters. The normalized spacial score (nSPS) is 14.5. The molecule has 9 heteroatoms. The summed E-state index contributed by atoms with van der Waals surface area (Å²) >= 11 is 5.55. The van der Waals surface area contributed by atoms with Crippen molar-refractivity contribution in [2.24, 2.45) is 0 Å². The second kappa shape index (κ2) is 10.4. The Morgan fingerprint density at radius 2 is 1.71 bits per heavy atom. The first-order chi connectivity index (χ1) is 14.9. The Bertz CT molecular complexity index is 1020. The Morgan fingerprint density at radius 3 is 2.35 bits per heavy atom. The maximum atomic E-state index is 13.1. The first-order valence-corrected chi connectivity index (χ1v) is 12.3. The Kier molecular flexibility index (Phi) is 7.88. The molecule has 7 nitrogen and oxygen atoms in total. The van der Waals surface area contributed by atoms with Crippen LogP contribution in [0.25, 0.3) is 0 Å². The smallest absolute Gasteiger partial charge is 0.243 e. The number of ether oxygens (including phenoxy) is 1. The van der Waals surface area contributed by atoms with Gasteiger partial charge in [-0.3, -0.25) is 0 Å². The van der Waals surface area contributed by atoms with E-state index in [2.05, 4.69) is 15.5 Å². The number of nitrogens with zero attached hydrogens (tertiary/aromatic N) is 2. The lowest BCUT2D eigenvalue weighted by Crippen LogP contribution is -2.37. The number of anilines is 3. The average molecular weight is 463 g/mol. The van der Waals surface area contributed by atoms with Crippen molar-refractivity contribution in [3.8, 4) is 0 Å². The third kappa shape index (κ3) is 5.54. The van der Waals surface area contributed by atoms with Crippen LogP contribution < -0.4 is 15.5 Å². The maximum absolute atomic E-state index is 13.1.